The minimum absolute atomic E-state index is 0.0711. The average Bonchev–Trinajstić information content (AvgIpc) is 3.26. The fourth-order valence-corrected chi connectivity index (χ4v) is 4.59. The van der Waals surface area contributed by atoms with E-state index in [0.717, 1.165) is 16.7 Å². The molecule has 172 valence electrons. The Morgan fingerprint density at radius 2 is 1.91 bits per heavy atom. The quantitative estimate of drug-likeness (QED) is 0.643. The Morgan fingerprint density at radius 3 is 2.48 bits per heavy atom. The molecular formula is C29H32O4. The van der Waals surface area contributed by atoms with Gasteiger partial charge in [0.05, 0.1) is 17.7 Å². The lowest BCUT2D eigenvalue weighted by atomic mass is 9.79. The zero-order valence-electron chi connectivity index (χ0n) is 20.2. The number of aromatic hydroxyl groups is 1. The van der Waals surface area contributed by atoms with Crippen LogP contribution < -0.4 is 10.8 Å². The molecule has 33 heavy (non-hydrogen) atoms. The average molecular weight is 445 g/mol. The number of carbonyl (C=O) groups is 1. The van der Waals surface area contributed by atoms with E-state index in [2.05, 4.69) is 52.0 Å². The number of allylic oxidation sites excluding steroid dienone is 5. The summed E-state index contributed by atoms with van der Waals surface area (Å²) in [5.74, 6) is -0.00260. The Labute approximate surface area is 195 Å². The zero-order valence-corrected chi connectivity index (χ0v) is 20.2. The molecule has 2 aliphatic carbocycles. The van der Waals surface area contributed by atoms with Crippen molar-refractivity contribution in [3.8, 4) is 5.75 Å². The lowest BCUT2D eigenvalue weighted by Gasteiger charge is -2.24. The first-order valence-electron chi connectivity index (χ1n) is 11.6. The maximum absolute atomic E-state index is 13.0. The van der Waals surface area contributed by atoms with Gasteiger partial charge in [-0.1, -0.05) is 62.8 Å². The second kappa shape index (κ2) is 8.93. The van der Waals surface area contributed by atoms with Crippen LogP contribution in [0.2, 0.25) is 0 Å². The third kappa shape index (κ3) is 4.10. The fraction of sp³-hybridized carbons (Fsp3) is 0.345. The first-order valence-corrected chi connectivity index (χ1v) is 11.6. The smallest absolute Gasteiger partial charge is 0.335 e. The summed E-state index contributed by atoms with van der Waals surface area (Å²) in [4.78, 5) is 13.0. The summed E-state index contributed by atoms with van der Waals surface area (Å²) >= 11 is 0. The molecule has 0 saturated heterocycles. The van der Waals surface area contributed by atoms with Crippen LogP contribution in [0.15, 0.2) is 63.1 Å². The van der Waals surface area contributed by atoms with E-state index in [1.165, 1.54) is 11.1 Å². The Kier molecular flexibility index (Phi) is 6.20. The lowest BCUT2D eigenvalue weighted by molar-refractivity contribution is -0.138. The molecule has 4 nitrogen and oxygen atoms in total. The van der Waals surface area contributed by atoms with Crippen molar-refractivity contribution in [1.29, 1.82) is 0 Å². The number of carbonyl (C=O) groups excluding carboxylic acids is 1. The van der Waals surface area contributed by atoms with Crippen LogP contribution in [0.3, 0.4) is 0 Å². The lowest BCUT2D eigenvalue weighted by Crippen LogP contribution is -2.24. The minimum Gasteiger partial charge on any atom is -0.504 e. The number of hydrogen-bond acceptors (Lipinski definition) is 4. The molecule has 0 spiro atoms. The van der Waals surface area contributed by atoms with E-state index in [1.54, 1.807) is 6.92 Å². The van der Waals surface area contributed by atoms with E-state index in [-0.39, 0.29) is 18.3 Å². The van der Waals surface area contributed by atoms with Crippen LogP contribution in [0.1, 0.15) is 70.1 Å². The van der Waals surface area contributed by atoms with E-state index in [4.69, 9.17) is 9.15 Å². The van der Waals surface area contributed by atoms with E-state index >= 15 is 0 Å². The van der Waals surface area contributed by atoms with Crippen molar-refractivity contribution in [2.75, 3.05) is 6.61 Å². The van der Waals surface area contributed by atoms with Crippen LogP contribution >= 0.6 is 0 Å². The molecule has 0 aliphatic heterocycles. The molecule has 0 bridgehead atoms. The first-order chi connectivity index (χ1) is 15.7. The van der Waals surface area contributed by atoms with Gasteiger partial charge < -0.3 is 14.3 Å². The van der Waals surface area contributed by atoms with Crippen molar-refractivity contribution < 1.29 is 19.1 Å². The van der Waals surface area contributed by atoms with Crippen molar-refractivity contribution in [3.63, 3.8) is 0 Å². The SMILES string of the molecule is CCOC(=O)C1=C(C)C=c2oc(=CC3=C(C)C(C)C=C3)c(O)c2C1c1ccc(C(C)C)cc1. The van der Waals surface area contributed by atoms with Gasteiger partial charge in [0.25, 0.3) is 0 Å². The highest BCUT2D eigenvalue weighted by Crippen LogP contribution is 2.39. The van der Waals surface area contributed by atoms with Crippen LogP contribution in [0.5, 0.6) is 5.75 Å². The van der Waals surface area contributed by atoms with Gasteiger partial charge in [-0.25, -0.2) is 4.79 Å². The van der Waals surface area contributed by atoms with Gasteiger partial charge in [-0.05, 0) is 67.0 Å². The number of fused-ring (bicyclic) bond motifs is 1. The molecular weight excluding hydrogens is 412 g/mol. The Hall–Kier alpha value is -3.27. The summed E-state index contributed by atoms with van der Waals surface area (Å²) in [6.07, 6.45) is 7.90. The third-order valence-electron chi connectivity index (χ3n) is 6.74. The largest absolute Gasteiger partial charge is 0.504 e. The second-order valence-electron chi connectivity index (χ2n) is 9.24. The predicted octanol–water partition coefficient (Wildman–Crippen LogP) is 5.22. The number of ether oxygens (including phenoxy) is 1. The number of rotatable bonds is 5. The van der Waals surface area contributed by atoms with Crippen LogP contribution in [-0.2, 0) is 9.53 Å². The molecule has 2 atom stereocenters. The Morgan fingerprint density at radius 1 is 1.21 bits per heavy atom. The molecule has 0 saturated carbocycles. The molecule has 1 aromatic carbocycles. The topological polar surface area (TPSA) is 59.7 Å². The van der Waals surface area contributed by atoms with Gasteiger partial charge in [-0.3, -0.25) is 0 Å². The van der Waals surface area contributed by atoms with Gasteiger partial charge in [0.15, 0.2) is 11.2 Å². The number of hydrogen-bond donors (Lipinski definition) is 1. The van der Waals surface area contributed by atoms with Gasteiger partial charge in [0.2, 0.25) is 0 Å². The van der Waals surface area contributed by atoms with Crippen molar-refractivity contribution in [3.05, 3.63) is 86.2 Å². The Balaban J connectivity index is 1.92. The van der Waals surface area contributed by atoms with Crippen molar-refractivity contribution in [2.45, 2.75) is 53.4 Å². The van der Waals surface area contributed by atoms with Crippen molar-refractivity contribution >= 4 is 18.1 Å². The molecule has 4 rings (SSSR count). The third-order valence-corrected chi connectivity index (χ3v) is 6.74. The van der Waals surface area contributed by atoms with Gasteiger partial charge in [0, 0.05) is 5.92 Å². The maximum atomic E-state index is 13.0. The predicted molar refractivity (Wildman–Crippen MR) is 131 cm³/mol. The molecule has 0 fully saturated rings. The van der Waals surface area contributed by atoms with E-state index in [1.807, 2.05) is 31.2 Å². The minimum atomic E-state index is -0.468. The van der Waals surface area contributed by atoms with E-state index in [9.17, 15) is 9.90 Å². The molecule has 1 N–H and O–H groups in total. The van der Waals surface area contributed by atoms with Crippen molar-refractivity contribution in [1.82, 2.24) is 0 Å². The van der Waals surface area contributed by atoms with Gasteiger partial charge in [-0.15, -0.1) is 0 Å². The summed E-state index contributed by atoms with van der Waals surface area (Å²) in [6, 6.07) is 8.23. The molecule has 0 amide bonds. The molecule has 2 aromatic rings. The number of esters is 1. The molecule has 1 aromatic heterocycles. The molecule has 1 heterocycles. The van der Waals surface area contributed by atoms with Gasteiger partial charge >= 0.3 is 5.97 Å². The fourth-order valence-electron chi connectivity index (χ4n) is 4.59. The highest BCUT2D eigenvalue weighted by molar-refractivity contribution is 5.95. The molecule has 2 unspecified atom stereocenters. The highest BCUT2D eigenvalue weighted by Gasteiger charge is 2.35. The molecule has 2 aliphatic rings. The van der Waals surface area contributed by atoms with E-state index in [0.29, 0.717) is 33.8 Å². The highest BCUT2D eigenvalue weighted by atomic mass is 16.5. The van der Waals surface area contributed by atoms with Gasteiger partial charge in [0.1, 0.15) is 5.42 Å². The summed E-state index contributed by atoms with van der Waals surface area (Å²) in [5, 5.41) is 11.3. The van der Waals surface area contributed by atoms with Crippen molar-refractivity contribution in [2.24, 2.45) is 5.92 Å². The summed E-state index contributed by atoms with van der Waals surface area (Å²) in [6.45, 7) is 12.5. The van der Waals surface area contributed by atoms with Crippen LogP contribution in [0.4, 0.5) is 0 Å². The van der Waals surface area contributed by atoms with Gasteiger partial charge in [-0.2, -0.15) is 0 Å². The van der Waals surface area contributed by atoms with Crippen LogP contribution in [0.25, 0.3) is 12.2 Å². The first kappa shape index (κ1) is 22.9. The van der Waals surface area contributed by atoms with E-state index < -0.39 is 5.92 Å². The Bertz CT molecular complexity index is 1300. The second-order valence-corrected chi connectivity index (χ2v) is 9.24. The van der Waals surface area contributed by atoms with Crippen LogP contribution in [-0.4, -0.2) is 17.7 Å². The maximum Gasteiger partial charge on any atom is 0.335 e. The zero-order chi connectivity index (χ0) is 23.9. The molecule has 0 radical (unpaired) electrons. The van der Waals surface area contributed by atoms with Crippen LogP contribution in [0, 0.1) is 5.92 Å². The monoisotopic (exact) mass is 444 g/mol. The molecule has 4 heteroatoms. The normalized spacial score (nSPS) is 20.5. The summed E-state index contributed by atoms with van der Waals surface area (Å²) in [7, 11) is 0. The summed E-state index contributed by atoms with van der Waals surface area (Å²) in [5.41, 5.74) is 7.32. The standard InChI is InChI=1S/C29H32O4/c1-7-32-29(31)25-18(5)14-23-27(26(25)21-12-10-20(11-13-21)16(2)3)28(30)24(33-23)15-22-9-8-17(4)19(22)6/h8-17,26,30H,7H2,1-6H3. The number of furan rings is 1. The summed E-state index contributed by atoms with van der Waals surface area (Å²) < 4.78 is 11.5. The number of benzene rings is 1.